The van der Waals surface area contributed by atoms with E-state index in [0.29, 0.717) is 11.4 Å². The Hall–Kier alpha value is -3.56. The van der Waals surface area contributed by atoms with E-state index in [1.807, 2.05) is 6.07 Å². The van der Waals surface area contributed by atoms with Gasteiger partial charge in [-0.2, -0.15) is 0 Å². The molecule has 2 amide bonds. The first kappa shape index (κ1) is 21.2. The standard InChI is InChI=1S/C21H20N4O4S/c26-17-10-8-15(9-11-17)25-20(27)14-24-30(29)19-7-2-1-6-18(19)21(28)23-13-16-5-3-4-12-22-16/h1-12,24,26H,13-14H2,(H,23,28)(H,25,27). The smallest absolute Gasteiger partial charge is 0.252 e. The number of phenols is 1. The fraction of sp³-hybridized carbons (Fsp3) is 0.0952. The Morgan fingerprint density at radius 1 is 0.967 bits per heavy atom. The molecule has 0 aliphatic heterocycles. The summed E-state index contributed by atoms with van der Waals surface area (Å²) < 4.78 is 15.3. The highest BCUT2D eigenvalue weighted by Crippen LogP contribution is 2.14. The van der Waals surface area contributed by atoms with Crippen LogP contribution in [0.4, 0.5) is 5.69 Å². The molecule has 1 heterocycles. The number of aromatic nitrogens is 1. The third-order valence-corrected chi connectivity index (χ3v) is 5.16. The largest absolute Gasteiger partial charge is 0.508 e. The number of benzene rings is 2. The summed E-state index contributed by atoms with van der Waals surface area (Å²) in [7, 11) is -1.77. The van der Waals surface area contributed by atoms with Gasteiger partial charge in [0.05, 0.1) is 29.2 Å². The van der Waals surface area contributed by atoms with Crippen molar-refractivity contribution in [2.45, 2.75) is 11.4 Å². The van der Waals surface area contributed by atoms with Gasteiger partial charge in [0, 0.05) is 11.9 Å². The molecule has 0 aliphatic carbocycles. The number of nitrogens with one attached hydrogen (secondary N) is 3. The molecule has 1 atom stereocenters. The molecule has 4 N–H and O–H groups in total. The number of phenolic OH excluding ortho intramolecular Hbond substituents is 1. The van der Waals surface area contributed by atoms with Crippen molar-refractivity contribution >= 4 is 28.5 Å². The lowest BCUT2D eigenvalue weighted by atomic mass is 10.2. The average Bonchev–Trinajstić information content (AvgIpc) is 2.78. The Balaban J connectivity index is 1.58. The predicted octanol–water partition coefficient (Wildman–Crippen LogP) is 1.97. The zero-order valence-corrected chi connectivity index (χ0v) is 16.7. The molecule has 0 aliphatic rings. The number of hydrogen-bond donors (Lipinski definition) is 4. The number of aromatic hydroxyl groups is 1. The first-order valence-electron chi connectivity index (χ1n) is 9.04. The van der Waals surface area contributed by atoms with Crippen LogP contribution in [0.2, 0.25) is 0 Å². The zero-order chi connectivity index (χ0) is 21.3. The highest BCUT2D eigenvalue weighted by atomic mass is 32.2. The topological polar surface area (TPSA) is 120 Å². The van der Waals surface area contributed by atoms with Gasteiger partial charge in [-0.1, -0.05) is 18.2 Å². The second kappa shape index (κ2) is 10.3. The Morgan fingerprint density at radius 2 is 1.70 bits per heavy atom. The van der Waals surface area contributed by atoms with Crippen LogP contribution in [0.3, 0.4) is 0 Å². The molecule has 0 bridgehead atoms. The van der Waals surface area contributed by atoms with Gasteiger partial charge in [-0.25, -0.2) is 8.93 Å². The van der Waals surface area contributed by atoms with Gasteiger partial charge in [0.25, 0.3) is 5.91 Å². The molecule has 0 saturated heterocycles. The molecule has 1 unspecified atom stereocenters. The van der Waals surface area contributed by atoms with E-state index < -0.39 is 16.9 Å². The quantitative estimate of drug-likeness (QED) is 0.412. The van der Waals surface area contributed by atoms with Crippen LogP contribution in [0.15, 0.2) is 77.8 Å². The first-order chi connectivity index (χ1) is 14.5. The Morgan fingerprint density at radius 3 is 2.43 bits per heavy atom. The molecule has 0 radical (unpaired) electrons. The third-order valence-electron chi connectivity index (χ3n) is 4.00. The van der Waals surface area contributed by atoms with Crippen molar-refractivity contribution in [1.82, 2.24) is 15.0 Å². The minimum Gasteiger partial charge on any atom is -0.508 e. The van der Waals surface area contributed by atoms with Gasteiger partial charge in [0.15, 0.2) is 0 Å². The van der Waals surface area contributed by atoms with E-state index in [0.717, 1.165) is 0 Å². The molecule has 9 heteroatoms. The van der Waals surface area contributed by atoms with Crippen LogP contribution in [-0.2, 0) is 22.3 Å². The number of anilines is 1. The predicted molar refractivity (Wildman–Crippen MR) is 113 cm³/mol. The highest BCUT2D eigenvalue weighted by Gasteiger charge is 2.16. The molecule has 3 rings (SSSR count). The van der Waals surface area contributed by atoms with Crippen LogP contribution in [0.1, 0.15) is 16.1 Å². The molecule has 8 nitrogen and oxygen atoms in total. The number of nitrogens with zero attached hydrogens (tertiary/aromatic N) is 1. The van der Waals surface area contributed by atoms with Gasteiger partial charge in [0.1, 0.15) is 16.7 Å². The number of rotatable bonds is 8. The lowest BCUT2D eigenvalue weighted by Gasteiger charge is -2.11. The summed E-state index contributed by atoms with van der Waals surface area (Å²) in [5, 5.41) is 14.6. The number of amides is 2. The van der Waals surface area contributed by atoms with Gasteiger partial charge in [-0.3, -0.25) is 14.6 Å². The van der Waals surface area contributed by atoms with Crippen molar-refractivity contribution in [3.63, 3.8) is 0 Å². The van der Waals surface area contributed by atoms with Crippen LogP contribution in [0, 0.1) is 0 Å². The summed E-state index contributed by atoms with van der Waals surface area (Å²) >= 11 is 0. The van der Waals surface area contributed by atoms with Crippen LogP contribution in [-0.4, -0.2) is 32.7 Å². The molecule has 154 valence electrons. The van der Waals surface area contributed by atoms with Crippen molar-refractivity contribution < 1.29 is 18.9 Å². The van der Waals surface area contributed by atoms with Crippen LogP contribution in [0.5, 0.6) is 5.75 Å². The van der Waals surface area contributed by atoms with E-state index in [2.05, 4.69) is 20.3 Å². The molecule has 3 aromatic rings. The molecule has 1 aromatic heterocycles. The molecule has 30 heavy (non-hydrogen) atoms. The van der Waals surface area contributed by atoms with Crippen molar-refractivity contribution in [2.75, 3.05) is 11.9 Å². The third kappa shape index (κ3) is 5.97. The molecular weight excluding hydrogens is 404 g/mol. The summed E-state index contributed by atoms with van der Waals surface area (Å²) in [6.45, 7) is 0.0144. The Bertz CT molecular complexity index is 1040. The summed E-state index contributed by atoms with van der Waals surface area (Å²) in [5.74, 6) is -0.712. The Kier molecular flexibility index (Phi) is 7.25. The van der Waals surface area contributed by atoms with Gasteiger partial charge in [-0.05, 0) is 48.5 Å². The van der Waals surface area contributed by atoms with E-state index in [1.54, 1.807) is 54.7 Å². The van der Waals surface area contributed by atoms with Crippen LogP contribution >= 0.6 is 0 Å². The lowest BCUT2D eigenvalue weighted by molar-refractivity contribution is -0.115. The van der Waals surface area contributed by atoms with Crippen molar-refractivity contribution in [3.05, 3.63) is 84.2 Å². The maximum atomic E-state index is 12.6. The molecule has 0 fully saturated rings. The molecule has 2 aromatic carbocycles. The molecule has 0 saturated carbocycles. The number of carbonyl (C=O) groups excluding carboxylic acids is 2. The van der Waals surface area contributed by atoms with Crippen molar-refractivity contribution in [2.24, 2.45) is 0 Å². The van der Waals surface area contributed by atoms with Crippen molar-refractivity contribution in [3.8, 4) is 5.75 Å². The first-order valence-corrected chi connectivity index (χ1v) is 10.2. The molecule has 0 spiro atoms. The number of hydrogen-bond acceptors (Lipinski definition) is 5. The second-order valence-corrected chi connectivity index (χ2v) is 7.45. The highest BCUT2D eigenvalue weighted by molar-refractivity contribution is 7.83. The normalized spacial score (nSPS) is 11.5. The van der Waals surface area contributed by atoms with Gasteiger partial charge in [-0.15, -0.1) is 0 Å². The van der Waals surface area contributed by atoms with Gasteiger partial charge >= 0.3 is 0 Å². The van der Waals surface area contributed by atoms with Gasteiger partial charge < -0.3 is 15.7 Å². The number of carbonyl (C=O) groups is 2. The second-order valence-electron chi connectivity index (χ2n) is 6.18. The van der Waals surface area contributed by atoms with E-state index in [9.17, 15) is 18.9 Å². The van der Waals surface area contributed by atoms with Crippen molar-refractivity contribution in [1.29, 1.82) is 0 Å². The Labute approximate surface area is 176 Å². The van der Waals surface area contributed by atoms with Gasteiger partial charge in [0.2, 0.25) is 5.91 Å². The van der Waals surface area contributed by atoms with E-state index >= 15 is 0 Å². The van der Waals surface area contributed by atoms with Crippen LogP contribution in [0.25, 0.3) is 0 Å². The van der Waals surface area contributed by atoms with E-state index in [4.69, 9.17) is 0 Å². The average molecular weight is 424 g/mol. The van der Waals surface area contributed by atoms with E-state index in [1.165, 1.54) is 12.1 Å². The lowest BCUT2D eigenvalue weighted by Crippen LogP contribution is -2.31. The maximum absolute atomic E-state index is 12.6. The molecular formula is C21H20N4O4S. The summed E-state index contributed by atoms with van der Waals surface area (Å²) in [6.07, 6.45) is 1.64. The van der Waals surface area contributed by atoms with E-state index in [-0.39, 0.29) is 35.2 Å². The van der Waals surface area contributed by atoms with Crippen LogP contribution < -0.4 is 15.4 Å². The zero-order valence-electron chi connectivity index (χ0n) is 15.9. The monoisotopic (exact) mass is 424 g/mol. The summed E-state index contributed by atoms with van der Waals surface area (Å²) in [6, 6.07) is 17.9. The SMILES string of the molecule is O=C(CNS(=O)c1ccccc1C(=O)NCc1ccccn1)Nc1ccc(O)cc1. The number of pyridine rings is 1. The fourth-order valence-corrected chi connectivity index (χ4v) is 3.52. The minimum atomic E-state index is -1.77. The minimum absolute atomic E-state index is 0.0881. The summed E-state index contributed by atoms with van der Waals surface area (Å²) in [4.78, 5) is 29.0. The maximum Gasteiger partial charge on any atom is 0.252 e. The fourth-order valence-electron chi connectivity index (χ4n) is 2.54. The summed E-state index contributed by atoms with van der Waals surface area (Å²) in [5.41, 5.74) is 1.45.